The molecule has 0 bridgehead atoms. The van der Waals surface area contributed by atoms with Crippen LogP contribution in [-0.2, 0) is 25.4 Å². The smallest absolute Gasteiger partial charge is 0.331 e. The SMILES string of the molecule is O=C(/C=C/c1ccc(O)c(O)c1)O[C@@H]1[C@@H](O)[C@H](O)[C@@H](OCCc2ccc(O)c(O)c2)O[C@H]1CO. The molecule has 11 nitrogen and oxygen atoms in total. The predicted octanol–water partition coefficient (Wildman–Crippen LogP) is 0.132. The van der Waals surface area contributed by atoms with Crippen molar-refractivity contribution in [2.45, 2.75) is 37.1 Å². The fourth-order valence-corrected chi connectivity index (χ4v) is 3.34. The Kier molecular flexibility index (Phi) is 8.31. The number of aromatic hydroxyl groups is 4. The van der Waals surface area contributed by atoms with Crippen LogP contribution in [0.3, 0.4) is 0 Å². The van der Waals surface area contributed by atoms with Crippen molar-refractivity contribution in [3.8, 4) is 23.0 Å². The molecule has 2 aromatic carbocycles. The summed E-state index contributed by atoms with van der Waals surface area (Å²) < 4.78 is 16.1. The van der Waals surface area contributed by atoms with E-state index in [0.717, 1.165) is 6.08 Å². The maximum Gasteiger partial charge on any atom is 0.331 e. The number of aliphatic hydroxyl groups is 3. The first kappa shape index (κ1) is 25.3. The lowest BCUT2D eigenvalue weighted by atomic mass is 9.99. The summed E-state index contributed by atoms with van der Waals surface area (Å²) in [5, 5.41) is 68.1. The zero-order valence-electron chi connectivity index (χ0n) is 17.9. The molecule has 34 heavy (non-hydrogen) atoms. The van der Waals surface area contributed by atoms with E-state index >= 15 is 0 Å². The average Bonchev–Trinajstić information content (AvgIpc) is 2.81. The van der Waals surface area contributed by atoms with Crippen molar-refractivity contribution in [3.05, 3.63) is 53.6 Å². The van der Waals surface area contributed by atoms with E-state index in [4.69, 9.17) is 14.2 Å². The summed E-state index contributed by atoms with van der Waals surface area (Å²) in [6.45, 7) is -0.619. The average molecular weight is 478 g/mol. The van der Waals surface area contributed by atoms with Crippen LogP contribution in [0.15, 0.2) is 42.5 Å². The van der Waals surface area contributed by atoms with Crippen molar-refractivity contribution < 1.29 is 54.8 Å². The van der Waals surface area contributed by atoms with E-state index in [9.17, 15) is 40.5 Å². The van der Waals surface area contributed by atoms with Gasteiger partial charge in [-0.3, -0.25) is 0 Å². The summed E-state index contributed by atoms with van der Waals surface area (Å²) in [4.78, 5) is 12.2. The molecule has 0 spiro atoms. The third-order valence-electron chi connectivity index (χ3n) is 5.20. The molecule has 7 N–H and O–H groups in total. The van der Waals surface area contributed by atoms with Gasteiger partial charge in [-0.2, -0.15) is 0 Å². The Labute approximate surface area is 194 Å². The van der Waals surface area contributed by atoms with Gasteiger partial charge in [0.15, 0.2) is 35.4 Å². The topological polar surface area (TPSA) is 186 Å². The molecule has 2 aromatic rings. The first-order chi connectivity index (χ1) is 16.2. The third-order valence-corrected chi connectivity index (χ3v) is 5.20. The van der Waals surface area contributed by atoms with Crippen molar-refractivity contribution >= 4 is 12.0 Å². The number of esters is 1. The van der Waals surface area contributed by atoms with E-state index in [-0.39, 0.29) is 36.0 Å². The zero-order chi connectivity index (χ0) is 24.8. The molecule has 0 amide bonds. The van der Waals surface area contributed by atoms with Gasteiger partial charge in [0.1, 0.15) is 18.3 Å². The van der Waals surface area contributed by atoms with Gasteiger partial charge < -0.3 is 50.0 Å². The van der Waals surface area contributed by atoms with E-state index in [2.05, 4.69) is 0 Å². The third kappa shape index (κ3) is 6.16. The zero-order valence-corrected chi connectivity index (χ0v) is 17.9. The first-order valence-corrected chi connectivity index (χ1v) is 10.3. The molecule has 0 aliphatic carbocycles. The van der Waals surface area contributed by atoms with Crippen LogP contribution in [0.5, 0.6) is 23.0 Å². The molecule has 0 radical (unpaired) electrons. The van der Waals surface area contributed by atoms with Crippen molar-refractivity contribution in [2.24, 2.45) is 0 Å². The number of carbonyl (C=O) groups is 1. The van der Waals surface area contributed by atoms with Crippen LogP contribution in [0.4, 0.5) is 0 Å². The molecular weight excluding hydrogens is 452 g/mol. The van der Waals surface area contributed by atoms with Gasteiger partial charge in [-0.15, -0.1) is 0 Å². The van der Waals surface area contributed by atoms with E-state index < -0.39 is 43.3 Å². The number of phenols is 4. The number of carbonyl (C=O) groups excluding carboxylic acids is 1. The second-order valence-electron chi connectivity index (χ2n) is 7.63. The molecule has 11 heteroatoms. The quantitative estimate of drug-likeness (QED) is 0.155. The molecule has 1 aliphatic rings. The molecule has 0 aromatic heterocycles. The Hall–Kier alpha value is -3.35. The van der Waals surface area contributed by atoms with Crippen molar-refractivity contribution in [2.75, 3.05) is 13.2 Å². The number of hydrogen-bond donors (Lipinski definition) is 7. The Balaban J connectivity index is 1.56. The molecule has 3 rings (SSSR count). The predicted molar refractivity (Wildman–Crippen MR) is 116 cm³/mol. The van der Waals surface area contributed by atoms with Crippen LogP contribution in [0, 0.1) is 0 Å². The summed E-state index contributed by atoms with van der Waals surface area (Å²) in [6.07, 6.45) is -4.50. The standard InChI is InChI=1S/C23H26O11/c24-11-18-22(34-19(29)6-3-12-1-4-14(25)16(27)9-12)20(30)21(31)23(33-18)32-8-7-13-2-5-15(26)17(28)10-13/h1-6,9-10,18,20-28,30-31H,7-8,11H2/b6-3+/t18-,20-,21-,22-,23-/m0/s1. The second kappa shape index (κ2) is 11.2. The minimum Gasteiger partial charge on any atom is -0.504 e. The molecule has 0 unspecified atom stereocenters. The summed E-state index contributed by atoms with van der Waals surface area (Å²) >= 11 is 0. The highest BCUT2D eigenvalue weighted by Gasteiger charge is 2.46. The normalized spacial score (nSPS) is 24.9. The van der Waals surface area contributed by atoms with Crippen LogP contribution in [0.25, 0.3) is 6.08 Å². The van der Waals surface area contributed by atoms with Crippen LogP contribution in [0.2, 0.25) is 0 Å². The first-order valence-electron chi connectivity index (χ1n) is 10.3. The minimum atomic E-state index is -1.62. The second-order valence-corrected chi connectivity index (χ2v) is 7.63. The Morgan fingerprint density at radius 1 is 0.941 bits per heavy atom. The molecular formula is C23H26O11. The van der Waals surface area contributed by atoms with Crippen molar-refractivity contribution in [1.29, 1.82) is 0 Å². The highest BCUT2D eigenvalue weighted by molar-refractivity contribution is 5.87. The van der Waals surface area contributed by atoms with E-state index in [1.807, 2.05) is 0 Å². The number of ether oxygens (including phenoxy) is 3. The van der Waals surface area contributed by atoms with Crippen LogP contribution < -0.4 is 0 Å². The van der Waals surface area contributed by atoms with E-state index in [0.29, 0.717) is 11.1 Å². The molecule has 0 saturated carbocycles. The van der Waals surface area contributed by atoms with Gasteiger partial charge in [0.05, 0.1) is 13.2 Å². The Bertz CT molecular complexity index is 1020. The van der Waals surface area contributed by atoms with Gasteiger partial charge in [0.2, 0.25) is 0 Å². The maximum atomic E-state index is 12.2. The molecule has 184 valence electrons. The van der Waals surface area contributed by atoms with Gasteiger partial charge in [-0.25, -0.2) is 4.79 Å². The van der Waals surface area contributed by atoms with Crippen LogP contribution in [0.1, 0.15) is 11.1 Å². The van der Waals surface area contributed by atoms with Crippen molar-refractivity contribution in [1.82, 2.24) is 0 Å². The monoisotopic (exact) mass is 478 g/mol. The van der Waals surface area contributed by atoms with Gasteiger partial charge >= 0.3 is 5.97 Å². The minimum absolute atomic E-state index is 0.0173. The molecule has 1 saturated heterocycles. The number of aliphatic hydroxyl groups excluding tert-OH is 3. The Morgan fingerprint density at radius 2 is 1.62 bits per heavy atom. The summed E-state index contributed by atoms with van der Waals surface area (Å²) in [5.74, 6) is -2.15. The van der Waals surface area contributed by atoms with Gasteiger partial charge in [0.25, 0.3) is 0 Å². The fourth-order valence-electron chi connectivity index (χ4n) is 3.34. The summed E-state index contributed by atoms with van der Waals surface area (Å²) in [7, 11) is 0. The fraction of sp³-hybridized carbons (Fsp3) is 0.348. The number of rotatable bonds is 8. The van der Waals surface area contributed by atoms with Crippen LogP contribution in [-0.4, -0.2) is 85.6 Å². The highest BCUT2D eigenvalue weighted by atomic mass is 16.7. The number of hydrogen-bond acceptors (Lipinski definition) is 11. The Morgan fingerprint density at radius 3 is 2.26 bits per heavy atom. The molecule has 1 fully saturated rings. The number of benzene rings is 2. The van der Waals surface area contributed by atoms with Gasteiger partial charge in [-0.1, -0.05) is 12.1 Å². The van der Waals surface area contributed by atoms with E-state index in [1.165, 1.54) is 36.4 Å². The largest absolute Gasteiger partial charge is 0.504 e. The lowest BCUT2D eigenvalue weighted by Gasteiger charge is -2.41. The lowest BCUT2D eigenvalue weighted by molar-refractivity contribution is -0.302. The van der Waals surface area contributed by atoms with Gasteiger partial charge in [-0.05, 0) is 47.9 Å². The maximum absolute atomic E-state index is 12.2. The summed E-state index contributed by atoms with van der Waals surface area (Å²) in [6, 6.07) is 8.15. The van der Waals surface area contributed by atoms with Crippen molar-refractivity contribution in [3.63, 3.8) is 0 Å². The van der Waals surface area contributed by atoms with Crippen LogP contribution >= 0.6 is 0 Å². The molecule has 1 heterocycles. The molecule has 1 aliphatic heterocycles. The number of phenolic OH excluding ortho intramolecular Hbond substituents is 4. The lowest BCUT2D eigenvalue weighted by Crippen LogP contribution is -2.60. The summed E-state index contributed by atoms with van der Waals surface area (Å²) in [5.41, 5.74) is 1.03. The van der Waals surface area contributed by atoms with E-state index in [1.54, 1.807) is 6.07 Å². The van der Waals surface area contributed by atoms with Gasteiger partial charge in [0, 0.05) is 6.08 Å². The highest BCUT2D eigenvalue weighted by Crippen LogP contribution is 2.28. The molecule has 5 atom stereocenters.